The van der Waals surface area contributed by atoms with Crippen molar-refractivity contribution in [3.63, 3.8) is 0 Å². The van der Waals surface area contributed by atoms with E-state index in [0.717, 1.165) is 5.69 Å². The van der Waals surface area contributed by atoms with E-state index in [1.165, 1.54) is 20.0 Å². The normalized spacial score (nSPS) is 10.1. The average Bonchev–Trinajstić information content (AvgIpc) is 2.68. The fourth-order valence-corrected chi connectivity index (χ4v) is 2.65. The summed E-state index contributed by atoms with van der Waals surface area (Å²) in [6.07, 6.45) is 1.46. The summed E-state index contributed by atoms with van der Waals surface area (Å²) in [5, 5.41) is 8.55. The monoisotopic (exact) mass is 388 g/mol. The Morgan fingerprint density at radius 3 is 2.10 bits per heavy atom. The topological polar surface area (TPSA) is 100 Å². The second-order valence-electron chi connectivity index (χ2n) is 6.41. The lowest BCUT2D eigenvalue weighted by molar-refractivity contribution is -0.114. The molecule has 1 heterocycles. The molecule has 0 aliphatic rings. The maximum absolute atomic E-state index is 12.4. The third-order valence-electron chi connectivity index (χ3n) is 4.01. The number of Topliss-reactive ketones (excluding diaryl/α,β-unsaturated/α-hetero) is 1. The molecule has 1 aromatic heterocycles. The van der Waals surface area contributed by atoms with Crippen molar-refractivity contribution >= 4 is 40.5 Å². The van der Waals surface area contributed by atoms with Gasteiger partial charge in [0.25, 0.3) is 5.91 Å². The van der Waals surface area contributed by atoms with Crippen molar-refractivity contribution in [3.05, 3.63) is 78.0 Å². The molecular formula is C22H20N4O3. The zero-order valence-corrected chi connectivity index (χ0v) is 16.0. The Bertz CT molecular complexity index is 1060. The van der Waals surface area contributed by atoms with Gasteiger partial charge in [0, 0.05) is 35.7 Å². The summed E-state index contributed by atoms with van der Waals surface area (Å²) >= 11 is 0. The maximum Gasteiger partial charge on any atom is 0.257 e. The number of carbonyl (C=O) groups is 3. The third kappa shape index (κ3) is 5.49. The van der Waals surface area contributed by atoms with Crippen LogP contribution in [-0.4, -0.2) is 22.6 Å². The van der Waals surface area contributed by atoms with Crippen LogP contribution < -0.4 is 16.0 Å². The van der Waals surface area contributed by atoms with Crippen molar-refractivity contribution in [1.82, 2.24) is 4.98 Å². The molecule has 3 rings (SSSR count). The highest BCUT2D eigenvalue weighted by Crippen LogP contribution is 2.18. The summed E-state index contributed by atoms with van der Waals surface area (Å²) in [7, 11) is 0. The highest BCUT2D eigenvalue weighted by atomic mass is 16.2. The largest absolute Gasteiger partial charge is 0.340 e. The predicted molar refractivity (Wildman–Crippen MR) is 113 cm³/mol. The highest BCUT2D eigenvalue weighted by Gasteiger charge is 2.08. The van der Waals surface area contributed by atoms with E-state index >= 15 is 0 Å². The van der Waals surface area contributed by atoms with Gasteiger partial charge in [-0.15, -0.1) is 0 Å². The molecule has 0 fully saturated rings. The number of aromatic nitrogens is 1. The highest BCUT2D eigenvalue weighted by molar-refractivity contribution is 6.04. The molecule has 0 spiro atoms. The van der Waals surface area contributed by atoms with Gasteiger partial charge in [0.1, 0.15) is 5.82 Å². The van der Waals surface area contributed by atoms with Gasteiger partial charge in [-0.1, -0.05) is 18.2 Å². The Hall–Kier alpha value is -4.00. The van der Waals surface area contributed by atoms with Gasteiger partial charge >= 0.3 is 0 Å². The molecule has 0 saturated carbocycles. The first-order chi connectivity index (χ1) is 13.9. The van der Waals surface area contributed by atoms with Crippen molar-refractivity contribution in [2.75, 3.05) is 16.0 Å². The number of carbonyl (C=O) groups excluding carboxylic acids is 3. The van der Waals surface area contributed by atoms with Gasteiger partial charge in [-0.2, -0.15) is 0 Å². The van der Waals surface area contributed by atoms with Crippen LogP contribution in [0.3, 0.4) is 0 Å². The van der Waals surface area contributed by atoms with E-state index in [9.17, 15) is 14.4 Å². The number of hydrogen-bond donors (Lipinski definition) is 3. The minimum atomic E-state index is -0.317. The van der Waals surface area contributed by atoms with Gasteiger partial charge in [-0.25, -0.2) is 4.98 Å². The first-order valence-electron chi connectivity index (χ1n) is 8.94. The number of amides is 2. The molecule has 29 heavy (non-hydrogen) atoms. The van der Waals surface area contributed by atoms with E-state index in [4.69, 9.17) is 0 Å². The molecule has 3 N–H and O–H groups in total. The molecule has 3 aromatic rings. The van der Waals surface area contributed by atoms with Crippen molar-refractivity contribution in [3.8, 4) is 0 Å². The second-order valence-corrected chi connectivity index (χ2v) is 6.41. The molecule has 7 nitrogen and oxygen atoms in total. The molecular weight excluding hydrogens is 368 g/mol. The standard InChI is InChI=1S/C22H20N4O3/c1-14(27)16-5-3-6-18(11-16)25-21-10-9-17(13-23-21)22(29)26-20-8-4-7-19(12-20)24-15(2)28/h3-13H,1-2H3,(H,23,25)(H,24,28)(H,26,29). The zero-order chi connectivity index (χ0) is 20.8. The number of rotatable bonds is 6. The summed E-state index contributed by atoms with van der Waals surface area (Å²) in [6.45, 7) is 2.93. The van der Waals surface area contributed by atoms with E-state index < -0.39 is 0 Å². The van der Waals surface area contributed by atoms with Gasteiger partial charge in [-0.05, 0) is 49.4 Å². The molecule has 146 valence electrons. The van der Waals surface area contributed by atoms with Crippen LogP contribution in [0.25, 0.3) is 0 Å². The van der Waals surface area contributed by atoms with E-state index in [0.29, 0.717) is 28.3 Å². The summed E-state index contributed by atoms with van der Waals surface area (Å²) in [4.78, 5) is 39.3. The smallest absolute Gasteiger partial charge is 0.257 e. The molecule has 0 aliphatic carbocycles. The Labute approximate surface area is 168 Å². The number of nitrogens with one attached hydrogen (secondary N) is 3. The molecule has 0 bridgehead atoms. The van der Waals surface area contributed by atoms with E-state index in [1.807, 2.05) is 6.07 Å². The predicted octanol–water partition coefficient (Wildman–Crippen LogP) is 4.24. The van der Waals surface area contributed by atoms with Crippen molar-refractivity contribution in [2.45, 2.75) is 13.8 Å². The Kier molecular flexibility index (Phi) is 5.99. The zero-order valence-electron chi connectivity index (χ0n) is 16.0. The molecule has 7 heteroatoms. The quantitative estimate of drug-likeness (QED) is 0.549. The molecule has 2 amide bonds. The van der Waals surface area contributed by atoms with E-state index in [-0.39, 0.29) is 17.6 Å². The fourth-order valence-electron chi connectivity index (χ4n) is 2.65. The second kappa shape index (κ2) is 8.79. The molecule has 0 saturated heterocycles. The Morgan fingerprint density at radius 2 is 1.45 bits per heavy atom. The van der Waals surface area contributed by atoms with Crippen LogP contribution >= 0.6 is 0 Å². The van der Waals surface area contributed by atoms with Gasteiger partial charge < -0.3 is 16.0 Å². The van der Waals surface area contributed by atoms with Gasteiger partial charge in [0.05, 0.1) is 5.56 Å². The van der Waals surface area contributed by atoms with Crippen LogP contribution in [0, 0.1) is 0 Å². The van der Waals surface area contributed by atoms with E-state index in [2.05, 4.69) is 20.9 Å². The lowest BCUT2D eigenvalue weighted by atomic mass is 10.1. The van der Waals surface area contributed by atoms with Crippen LogP contribution in [0.15, 0.2) is 66.9 Å². The molecule has 0 radical (unpaired) electrons. The molecule has 2 aromatic carbocycles. The van der Waals surface area contributed by atoms with Crippen LogP contribution in [0.2, 0.25) is 0 Å². The van der Waals surface area contributed by atoms with Crippen LogP contribution in [-0.2, 0) is 4.79 Å². The van der Waals surface area contributed by atoms with Crippen LogP contribution in [0.5, 0.6) is 0 Å². The van der Waals surface area contributed by atoms with Crippen molar-refractivity contribution < 1.29 is 14.4 Å². The minimum absolute atomic E-state index is 0.0174. The van der Waals surface area contributed by atoms with Gasteiger partial charge in [0.2, 0.25) is 5.91 Å². The van der Waals surface area contributed by atoms with Crippen molar-refractivity contribution in [2.24, 2.45) is 0 Å². The number of hydrogen-bond acceptors (Lipinski definition) is 5. The fraction of sp³-hybridized carbons (Fsp3) is 0.0909. The first-order valence-corrected chi connectivity index (χ1v) is 8.94. The SMILES string of the molecule is CC(=O)Nc1cccc(NC(=O)c2ccc(Nc3cccc(C(C)=O)c3)nc2)c1. The number of benzene rings is 2. The molecule has 0 aliphatic heterocycles. The summed E-state index contributed by atoms with van der Waals surface area (Å²) in [5.74, 6) is 0.0308. The molecule has 0 unspecified atom stereocenters. The van der Waals surface area contributed by atoms with Gasteiger partial charge in [0.15, 0.2) is 5.78 Å². The van der Waals surface area contributed by atoms with Crippen molar-refractivity contribution in [1.29, 1.82) is 0 Å². The average molecular weight is 388 g/mol. The van der Waals surface area contributed by atoms with Crippen LogP contribution in [0.1, 0.15) is 34.6 Å². The Balaban J connectivity index is 1.67. The summed E-state index contributed by atoms with van der Waals surface area (Å²) in [6, 6.07) is 17.3. The van der Waals surface area contributed by atoms with E-state index in [1.54, 1.807) is 54.6 Å². The summed E-state index contributed by atoms with van der Waals surface area (Å²) < 4.78 is 0. The number of ketones is 1. The third-order valence-corrected chi connectivity index (χ3v) is 4.01. The summed E-state index contributed by atoms with van der Waals surface area (Å²) in [5.41, 5.74) is 2.88. The lowest BCUT2D eigenvalue weighted by Gasteiger charge is -2.09. The Morgan fingerprint density at radius 1 is 0.759 bits per heavy atom. The molecule has 0 atom stereocenters. The number of nitrogens with zero attached hydrogens (tertiary/aromatic N) is 1. The minimum Gasteiger partial charge on any atom is -0.340 e. The van der Waals surface area contributed by atoms with Gasteiger partial charge in [-0.3, -0.25) is 14.4 Å². The number of pyridine rings is 1. The van der Waals surface area contributed by atoms with Crippen LogP contribution in [0.4, 0.5) is 22.9 Å². The first kappa shape index (κ1) is 19.8. The maximum atomic E-state index is 12.4. The number of anilines is 4. The lowest BCUT2D eigenvalue weighted by Crippen LogP contribution is -2.13.